The molecule has 0 radical (unpaired) electrons. The van der Waals surface area contributed by atoms with Crippen molar-refractivity contribution in [3.8, 4) is 22.9 Å². The standard InChI is InChI=1S/C29H34ClN7O3/c1-17-7-9-18(10-8-17)15-37-24-23(19-4-2-6-21(30)14-19)31-26(27-34-29(38)40-35-27)32-25(24)33-28(37)36-12-3-5-20-16-39-13-11-22(20)36/h2,4,6,14,17-18,20,22H,3,5,7-13,15-16H2,1H3,(H,34,35,38)/t17-,18-,20?,22?. The number of nitrogens with one attached hydrogen (secondary N) is 1. The Balaban J connectivity index is 1.44. The summed E-state index contributed by atoms with van der Waals surface area (Å²) in [5.41, 5.74) is 3.05. The lowest BCUT2D eigenvalue weighted by molar-refractivity contribution is 0.0278. The molecule has 2 unspecified atom stereocenters. The Hall–Kier alpha value is -3.24. The van der Waals surface area contributed by atoms with Gasteiger partial charge in [-0.15, -0.1) is 0 Å². The summed E-state index contributed by atoms with van der Waals surface area (Å²) in [5, 5.41) is 4.49. The highest BCUT2D eigenvalue weighted by Crippen LogP contribution is 2.39. The van der Waals surface area contributed by atoms with E-state index in [-0.39, 0.29) is 11.6 Å². The maximum atomic E-state index is 11.8. The van der Waals surface area contributed by atoms with Crippen molar-refractivity contribution < 1.29 is 9.26 Å². The van der Waals surface area contributed by atoms with Gasteiger partial charge in [-0.2, -0.15) is 4.98 Å². The monoisotopic (exact) mass is 563 g/mol. The molecule has 0 amide bonds. The van der Waals surface area contributed by atoms with E-state index in [1.54, 1.807) is 0 Å². The average Bonchev–Trinajstić information content (AvgIpc) is 3.57. The van der Waals surface area contributed by atoms with E-state index in [4.69, 9.17) is 35.8 Å². The summed E-state index contributed by atoms with van der Waals surface area (Å²) in [7, 11) is 0. The molecule has 0 spiro atoms. The quantitative estimate of drug-likeness (QED) is 0.347. The first-order valence-corrected chi connectivity index (χ1v) is 14.9. The van der Waals surface area contributed by atoms with Gasteiger partial charge in [0.1, 0.15) is 11.2 Å². The van der Waals surface area contributed by atoms with Gasteiger partial charge in [-0.05, 0) is 56.1 Å². The van der Waals surface area contributed by atoms with E-state index in [1.165, 1.54) is 32.1 Å². The van der Waals surface area contributed by atoms with Crippen LogP contribution in [0.15, 0.2) is 33.6 Å². The summed E-state index contributed by atoms with van der Waals surface area (Å²) in [6, 6.07) is 8.07. The molecule has 3 aromatic heterocycles. The molecular weight excluding hydrogens is 530 g/mol. The molecular formula is C29H34ClN7O3. The van der Waals surface area contributed by atoms with Crippen molar-refractivity contribution in [1.82, 2.24) is 29.7 Å². The zero-order chi connectivity index (χ0) is 27.2. The normalized spacial score (nSPS) is 25.3. The molecule has 11 heteroatoms. The van der Waals surface area contributed by atoms with Crippen molar-refractivity contribution in [3.05, 3.63) is 39.8 Å². The molecule has 5 heterocycles. The van der Waals surface area contributed by atoms with E-state index in [0.29, 0.717) is 28.5 Å². The Morgan fingerprint density at radius 1 is 1.10 bits per heavy atom. The average molecular weight is 564 g/mol. The fourth-order valence-electron chi connectivity index (χ4n) is 6.87. The molecule has 2 saturated heterocycles. The topological polar surface area (TPSA) is 115 Å². The fourth-order valence-corrected chi connectivity index (χ4v) is 7.06. The Labute approximate surface area is 237 Å². The molecule has 7 rings (SSSR count). The first kappa shape index (κ1) is 25.7. The minimum atomic E-state index is -0.653. The van der Waals surface area contributed by atoms with Crippen LogP contribution in [0.3, 0.4) is 0 Å². The molecule has 3 fully saturated rings. The number of H-pyrrole nitrogens is 1. The number of halogens is 1. The van der Waals surface area contributed by atoms with Gasteiger partial charge in [-0.25, -0.2) is 14.8 Å². The number of hydrogen-bond acceptors (Lipinski definition) is 8. The molecule has 2 atom stereocenters. The lowest BCUT2D eigenvalue weighted by atomic mass is 9.83. The van der Waals surface area contributed by atoms with Crippen LogP contribution in [0.1, 0.15) is 51.9 Å². The van der Waals surface area contributed by atoms with Gasteiger partial charge in [0.15, 0.2) is 5.65 Å². The van der Waals surface area contributed by atoms with Crippen LogP contribution in [-0.4, -0.2) is 55.5 Å². The number of hydrogen-bond donors (Lipinski definition) is 1. The number of benzene rings is 1. The predicted octanol–water partition coefficient (Wildman–Crippen LogP) is 5.32. The van der Waals surface area contributed by atoms with E-state index in [1.807, 2.05) is 24.3 Å². The van der Waals surface area contributed by atoms with Gasteiger partial charge in [0.2, 0.25) is 17.6 Å². The predicted molar refractivity (Wildman–Crippen MR) is 152 cm³/mol. The second-order valence-electron chi connectivity index (χ2n) is 11.7. The highest BCUT2D eigenvalue weighted by Gasteiger charge is 2.37. The Kier molecular flexibility index (Phi) is 6.83. The third kappa shape index (κ3) is 4.81. The number of aromatic nitrogens is 6. The summed E-state index contributed by atoms with van der Waals surface area (Å²) in [6.45, 7) is 5.75. The molecule has 1 saturated carbocycles. The molecule has 2 aliphatic heterocycles. The molecule has 40 heavy (non-hydrogen) atoms. The van der Waals surface area contributed by atoms with Gasteiger partial charge >= 0.3 is 5.76 Å². The number of rotatable bonds is 5. The summed E-state index contributed by atoms with van der Waals surface area (Å²) < 4.78 is 13.0. The summed E-state index contributed by atoms with van der Waals surface area (Å²) in [6.07, 6.45) is 8.18. The number of ether oxygens (including phenoxy) is 1. The van der Waals surface area contributed by atoms with E-state index in [0.717, 1.165) is 67.8 Å². The molecule has 4 aromatic rings. The van der Waals surface area contributed by atoms with E-state index in [2.05, 4.69) is 26.5 Å². The third-order valence-corrected chi connectivity index (χ3v) is 9.21. The van der Waals surface area contributed by atoms with Crippen LogP contribution >= 0.6 is 11.6 Å². The van der Waals surface area contributed by atoms with E-state index in [9.17, 15) is 4.79 Å². The van der Waals surface area contributed by atoms with Crippen LogP contribution in [-0.2, 0) is 11.3 Å². The van der Waals surface area contributed by atoms with E-state index < -0.39 is 5.76 Å². The van der Waals surface area contributed by atoms with Crippen molar-refractivity contribution in [2.45, 2.75) is 64.5 Å². The molecule has 1 aliphatic carbocycles. The second-order valence-corrected chi connectivity index (χ2v) is 12.1. The number of piperidine rings is 1. The van der Waals surface area contributed by atoms with Crippen LogP contribution in [0.25, 0.3) is 34.1 Å². The highest BCUT2D eigenvalue weighted by atomic mass is 35.5. The molecule has 3 aliphatic rings. The smallest absolute Gasteiger partial charge is 0.381 e. The van der Waals surface area contributed by atoms with Gasteiger partial charge in [0.05, 0.1) is 6.61 Å². The van der Waals surface area contributed by atoms with Crippen LogP contribution < -0.4 is 10.7 Å². The number of anilines is 1. The van der Waals surface area contributed by atoms with Gasteiger partial charge in [0.25, 0.3) is 0 Å². The summed E-state index contributed by atoms with van der Waals surface area (Å²) in [5.74, 6) is 2.57. The Morgan fingerprint density at radius 3 is 2.77 bits per heavy atom. The van der Waals surface area contributed by atoms with Crippen LogP contribution in [0.2, 0.25) is 5.02 Å². The summed E-state index contributed by atoms with van der Waals surface area (Å²) in [4.78, 5) is 31.9. The summed E-state index contributed by atoms with van der Waals surface area (Å²) >= 11 is 6.46. The molecule has 210 valence electrons. The number of aromatic amines is 1. The van der Waals surface area contributed by atoms with Crippen LogP contribution in [0, 0.1) is 17.8 Å². The third-order valence-electron chi connectivity index (χ3n) is 8.97. The van der Waals surface area contributed by atoms with Crippen molar-refractivity contribution >= 4 is 28.7 Å². The van der Waals surface area contributed by atoms with Gasteiger partial charge in [0, 0.05) is 42.2 Å². The van der Waals surface area contributed by atoms with Gasteiger partial charge in [-0.1, -0.05) is 48.7 Å². The van der Waals surface area contributed by atoms with Gasteiger partial charge in [-0.3, -0.25) is 9.51 Å². The van der Waals surface area contributed by atoms with Crippen molar-refractivity contribution in [2.75, 3.05) is 24.7 Å². The van der Waals surface area contributed by atoms with Crippen LogP contribution in [0.4, 0.5) is 5.95 Å². The first-order chi connectivity index (χ1) is 19.5. The SMILES string of the molecule is C[C@H]1CC[C@H](Cn2c(N3CCCC4COCCC43)nc3nc(-c4noc(=O)[nH]4)nc(-c4cccc(Cl)c4)c32)CC1. The molecule has 0 bridgehead atoms. The zero-order valence-corrected chi connectivity index (χ0v) is 23.4. The van der Waals surface area contributed by atoms with Crippen molar-refractivity contribution in [3.63, 3.8) is 0 Å². The van der Waals surface area contributed by atoms with Crippen molar-refractivity contribution in [2.24, 2.45) is 17.8 Å². The number of fused-ring (bicyclic) bond motifs is 2. The minimum absolute atomic E-state index is 0.176. The molecule has 10 nitrogen and oxygen atoms in total. The molecule has 1 N–H and O–H groups in total. The minimum Gasteiger partial charge on any atom is -0.381 e. The fraction of sp³-hybridized carbons (Fsp3) is 0.552. The first-order valence-electron chi connectivity index (χ1n) is 14.5. The lowest BCUT2D eigenvalue weighted by Crippen LogP contribution is -2.50. The Morgan fingerprint density at radius 2 is 1.98 bits per heavy atom. The number of imidazole rings is 1. The maximum Gasteiger partial charge on any atom is 0.439 e. The maximum absolute atomic E-state index is 11.8. The largest absolute Gasteiger partial charge is 0.439 e. The zero-order valence-electron chi connectivity index (χ0n) is 22.7. The van der Waals surface area contributed by atoms with Crippen molar-refractivity contribution in [1.29, 1.82) is 0 Å². The van der Waals surface area contributed by atoms with Gasteiger partial charge < -0.3 is 14.2 Å². The molecule has 1 aromatic carbocycles. The Bertz CT molecular complexity index is 1570. The van der Waals surface area contributed by atoms with E-state index >= 15 is 0 Å². The highest BCUT2D eigenvalue weighted by molar-refractivity contribution is 6.30. The second kappa shape index (κ2) is 10.6. The van der Waals surface area contributed by atoms with Crippen LogP contribution in [0.5, 0.6) is 0 Å². The lowest BCUT2D eigenvalue weighted by Gasteiger charge is -2.44. The number of nitrogens with zero attached hydrogens (tertiary/aromatic N) is 6.